The van der Waals surface area contributed by atoms with Gasteiger partial charge < -0.3 is 20.3 Å². The predicted molar refractivity (Wildman–Crippen MR) is 122 cm³/mol. The molecule has 7 heteroatoms. The van der Waals surface area contributed by atoms with Gasteiger partial charge in [0.15, 0.2) is 0 Å². The van der Waals surface area contributed by atoms with Crippen molar-refractivity contribution >= 4 is 23.4 Å². The first kappa shape index (κ1) is 21.9. The van der Waals surface area contributed by atoms with Gasteiger partial charge in [-0.3, -0.25) is 14.4 Å². The fourth-order valence-corrected chi connectivity index (χ4v) is 4.78. The predicted octanol–water partition coefficient (Wildman–Crippen LogP) is 3.28. The van der Waals surface area contributed by atoms with Crippen LogP contribution in [-0.2, 0) is 9.59 Å². The highest BCUT2D eigenvalue weighted by molar-refractivity contribution is 6.03. The van der Waals surface area contributed by atoms with Gasteiger partial charge in [0.25, 0.3) is 5.91 Å². The van der Waals surface area contributed by atoms with E-state index < -0.39 is 6.04 Å². The summed E-state index contributed by atoms with van der Waals surface area (Å²) in [7, 11) is 1.52. The lowest BCUT2D eigenvalue weighted by Gasteiger charge is -2.48. The van der Waals surface area contributed by atoms with E-state index in [1.54, 1.807) is 29.2 Å². The van der Waals surface area contributed by atoms with Crippen LogP contribution in [0.4, 0.5) is 5.69 Å². The number of anilines is 1. The Morgan fingerprint density at radius 3 is 2.59 bits per heavy atom. The topological polar surface area (TPSA) is 87.7 Å². The van der Waals surface area contributed by atoms with Crippen molar-refractivity contribution in [1.29, 1.82) is 0 Å². The molecule has 0 aromatic heterocycles. The molecule has 2 fully saturated rings. The number of benzene rings is 2. The number of methoxy groups -OCH3 is 1. The van der Waals surface area contributed by atoms with E-state index in [0.717, 1.165) is 31.2 Å². The molecule has 32 heavy (non-hydrogen) atoms. The number of rotatable bonds is 5. The number of carbonyl (C=O) groups is 3. The number of nitrogens with zero attached hydrogens (tertiary/aromatic N) is 1. The van der Waals surface area contributed by atoms with Crippen LogP contribution < -0.4 is 15.4 Å². The van der Waals surface area contributed by atoms with Crippen molar-refractivity contribution in [2.24, 2.45) is 0 Å². The molecule has 1 aliphatic carbocycles. The molecule has 1 aliphatic heterocycles. The van der Waals surface area contributed by atoms with Gasteiger partial charge in [0, 0.05) is 11.7 Å². The molecule has 3 amide bonds. The summed E-state index contributed by atoms with van der Waals surface area (Å²) >= 11 is 0. The molecule has 0 radical (unpaired) electrons. The average Bonchev–Trinajstić information content (AvgIpc) is 2.80. The molecule has 0 unspecified atom stereocenters. The summed E-state index contributed by atoms with van der Waals surface area (Å²) < 4.78 is 5.40. The molecule has 1 saturated heterocycles. The van der Waals surface area contributed by atoms with Gasteiger partial charge in [-0.15, -0.1) is 0 Å². The normalized spacial score (nSPS) is 22.5. The SMILES string of the molecule is COc1ccccc1C(=O)N1[C@H](CC(=O)Nc2ccccc2C)C(=O)N[C@H]2CCCC[C@H]21. The molecule has 1 saturated carbocycles. The number of fused-ring (bicyclic) bond motifs is 1. The number of ether oxygens (including phenoxy) is 1. The van der Waals surface area contributed by atoms with Crippen molar-refractivity contribution in [1.82, 2.24) is 10.2 Å². The number of nitrogens with one attached hydrogen (secondary N) is 2. The van der Waals surface area contributed by atoms with Gasteiger partial charge >= 0.3 is 0 Å². The van der Waals surface area contributed by atoms with Crippen molar-refractivity contribution in [2.75, 3.05) is 12.4 Å². The summed E-state index contributed by atoms with van der Waals surface area (Å²) in [5, 5.41) is 5.96. The summed E-state index contributed by atoms with van der Waals surface area (Å²) in [5.41, 5.74) is 2.04. The number of piperazine rings is 1. The molecule has 3 atom stereocenters. The van der Waals surface area contributed by atoms with Gasteiger partial charge in [-0.25, -0.2) is 0 Å². The lowest BCUT2D eigenvalue weighted by Crippen LogP contribution is -2.68. The minimum Gasteiger partial charge on any atom is -0.496 e. The van der Waals surface area contributed by atoms with E-state index in [1.165, 1.54) is 7.11 Å². The first-order chi connectivity index (χ1) is 15.5. The first-order valence-electron chi connectivity index (χ1n) is 11.1. The third kappa shape index (κ3) is 4.33. The quantitative estimate of drug-likeness (QED) is 0.755. The van der Waals surface area contributed by atoms with Crippen LogP contribution >= 0.6 is 0 Å². The van der Waals surface area contributed by atoms with Crippen molar-refractivity contribution in [3.05, 3.63) is 59.7 Å². The molecular formula is C25H29N3O4. The van der Waals surface area contributed by atoms with Crippen LogP contribution in [-0.4, -0.2) is 47.9 Å². The number of carbonyl (C=O) groups excluding carboxylic acids is 3. The molecule has 4 rings (SSSR count). The van der Waals surface area contributed by atoms with E-state index in [0.29, 0.717) is 17.0 Å². The lowest BCUT2D eigenvalue weighted by atomic mass is 9.84. The Hall–Kier alpha value is -3.35. The van der Waals surface area contributed by atoms with E-state index in [4.69, 9.17) is 4.74 Å². The van der Waals surface area contributed by atoms with E-state index in [2.05, 4.69) is 10.6 Å². The third-order valence-corrected chi connectivity index (χ3v) is 6.42. The van der Waals surface area contributed by atoms with E-state index in [1.807, 2.05) is 31.2 Å². The molecule has 7 nitrogen and oxygen atoms in total. The van der Waals surface area contributed by atoms with Gasteiger partial charge in [-0.1, -0.05) is 43.2 Å². The number of para-hydroxylation sites is 2. The number of hydrogen-bond acceptors (Lipinski definition) is 4. The van der Waals surface area contributed by atoms with Crippen LogP contribution in [0.2, 0.25) is 0 Å². The molecular weight excluding hydrogens is 406 g/mol. The van der Waals surface area contributed by atoms with Crippen molar-refractivity contribution < 1.29 is 19.1 Å². The fraction of sp³-hybridized carbons (Fsp3) is 0.400. The van der Waals surface area contributed by atoms with Crippen LogP contribution in [0.15, 0.2) is 48.5 Å². The van der Waals surface area contributed by atoms with Crippen LogP contribution in [0, 0.1) is 6.92 Å². The minimum atomic E-state index is -0.879. The maximum absolute atomic E-state index is 13.7. The van der Waals surface area contributed by atoms with Gasteiger partial charge in [0.1, 0.15) is 11.8 Å². The highest BCUT2D eigenvalue weighted by atomic mass is 16.5. The molecule has 2 aliphatic rings. The fourth-order valence-electron chi connectivity index (χ4n) is 4.78. The van der Waals surface area contributed by atoms with Crippen LogP contribution in [0.5, 0.6) is 5.75 Å². The third-order valence-electron chi connectivity index (χ3n) is 6.42. The smallest absolute Gasteiger partial charge is 0.258 e. The second-order valence-electron chi connectivity index (χ2n) is 8.46. The van der Waals surface area contributed by atoms with Gasteiger partial charge in [0.2, 0.25) is 11.8 Å². The summed E-state index contributed by atoms with van der Waals surface area (Å²) in [6.07, 6.45) is 3.51. The van der Waals surface area contributed by atoms with Crippen molar-refractivity contribution in [2.45, 2.75) is 57.2 Å². The zero-order valence-electron chi connectivity index (χ0n) is 18.5. The summed E-state index contributed by atoms with van der Waals surface area (Å²) in [5.74, 6) is -0.398. The van der Waals surface area contributed by atoms with Crippen molar-refractivity contribution in [3.8, 4) is 5.75 Å². The summed E-state index contributed by atoms with van der Waals surface area (Å²) in [6, 6.07) is 13.4. The maximum Gasteiger partial charge on any atom is 0.258 e. The molecule has 0 bridgehead atoms. The zero-order chi connectivity index (χ0) is 22.7. The Bertz CT molecular complexity index is 1020. The second-order valence-corrected chi connectivity index (χ2v) is 8.46. The number of amides is 3. The highest BCUT2D eigenvalue weighted by Gasteiger charge is 2.46. The Balaban J connectivity index is 1.63. The van der Waals surface area contributed by atoms with Gasteiger partial charge in [-0.05, 0) is 43.5 Å². The Labute approximate surface area is 188 Å². The zero-order valence-corrected chi connectivity index (χ0v) is 18.5. The summed E-state index contributed by atoms with van der Waals surface area (Å²) in [6.45, 7) is 1.91. The number of aryl methyl sites for hydroxylation is 1. The average molecular weight is 436 g/mol. The Morgan fingerprint density at radius 2 is 1.81 bits per heavy atom. The van der Waals surface area contributed by atoms with Gasteiger partial charge in [-0.2, -0.15) is 0 Å². The molecule has 0 spiro atoms. The Morgan fingerprint density at radius 1 is 1.09 bits per heavy atom. The van der Waals surface area contributed by atoms with Crippen LogP contribution in [0.25, 0.3) is 0 Å². The van der Waals surface area contributed by atoms with Crippen LogP contribution in [0.3, 0.4) is 0 Å². The second kappa shape index (κ2) is 9.42. The minimum absolute atomic E-state index is 0.0920. The lowest BCUT2D eigenvalue weighted by molar-refractivity contribution is -0.135. The molecule has 1 heterocycles. The van der Waals surface area contributed by atoms with Crippen LogP contribution in [0.1, 0.15) is 48.0 Å². The summed E-state index contributed by atoms with van der Waals surface area (Å²) in [4.78, 5) is 41.4. The monoisotopic (exact) mass is 435 g/mol. The van der Waals surface area contributed by atoms with E-state index in [-0.39, 0.29) is 36.2 Å². The Kier molecular flexibility index (Phi) is 6.44. The number of hydrogen-bond donors (Lipinski definition) is 2. The molecule has 168 valence electrons. The molecule has 2 N–H and O–H groups in total. The largest absolute Gasteiger partial charge is 0.496 e. The highest BCUT2D eigenvalue weighted by Crippen LogP contribution is 2.32. The van der Waals surface area contributed by atoms with Gasteiger partial charge in [0.05, 0.1) is 25.1 Å². The van der Waals surface area contributed by atoms with E-state index in [9.17, 15) is 14.4 Å². The molecule has 2 aromatic carbocycles. The maximum atomic E-state index is 13.7. The molecule has 2 aromatic rings. The first-order valence-corrected chi connectivity index (χ1v) is 11.1. The standard InChI is InChI=1S/C25H29N3O4/c1-16-9-3-5-11-18(16)26-23(29)15-21-24(30)27-19-12-6-7-13-20(19)28(21)25(31)17-10-4-8-14-22(17)32-2/h3-5,8-11,14,19-21H,6-7,12-13,15H2,1-2H3,(H,26,29)(H,27,30)/t19-,20+,21+/m0/s1. The van der Waals surface area contributed by atoms with Crippen molar-refractivity contribution in [3.63, 3.8) is 0 Å². The van der Waals surface area contributed by atoms with E-state index >= 15 is 0 Å².